The summed E-state index contributed by atoms with van der Waals surface area (Å²) in [6, 6.07) is 0. The summed E-state index contributed by atoms with van der Waals surface area (Å²) in [5, 5.41) is 28.3. The highest BCUT2D eigenvalue weighted by Crippen LogP contribution is 1.92. The average molecular weight is 571 g/mol. The zero-order chi connectivity index (χ0) is 28.9. The van der Waals surface area contributed by atoms with Crippen LogP contribution in [-0.4, -0.2) is 105 Å². The molecular weight excluding hydrogens is 496 g/mol. The van der Waals surface area contributed by atoms with Crippen LogP contribution in [0.15, 0.2) is 0 Å². The van der Waals surface area contributed by atoms with Crippen molar-refractivity contribution in [1.29, 1.82) is 0 Å². The van der Waals surface area contributed by atoms with E-state index in [4.69, 9.17) is 0 Å². The molecule has 0 rings (SSSR count). The van der Waals surface area contributed by atoms with Gasteiger partial charge in [0, 0.05) is 0 Å². The van der Waals surface area contributed by atoms with E-state index in [0.717, 1.165) is 105 Å². The Balaban J connectivity index is 3.01. The molecule has 0 aromatic rings. The fourth-order valence-electron chi connectivity index (χ4n) is 4.60. The first kappa shape index (κ1) is 39.7. The number of hydrogen-bond acceptors (Lipinski definition) is 8. The SMILES string of the molecule is CCNCCCCNCCCCNCCCCNCCCCNCCCCNCCCCNCCCCNCC. The standard InChI is InChI=1S/C32H74N8/c1-3-33-19-5-7-21-35-23-9-11-25-37-27-13-15-29-39-31-17-18-32-40-30-16-14-28-38-26-12-10-24-36-22-8-6-20-34-4-2/h33-40H,3-32H2,1-2H3. The van der Waals surface area contributed by atoms with Gasteiger partial charge in [0.05, 0.1) is 0 Å². The van der Waals surface area contributed by atoms with Gasteiger partial charge in [0.1, 0.15) is 0 Å². The van der Waals surface area contributed by atoms with E-state index in [1.54, 1.807) is 0 Å². The van der Waals surface area contributed by atoms with Crippen molar-refractivity contribution >= 4 is 0 Å². The lowest BCUT2D eigenvalue weighted by atomic mass is 10.2. The van der Waals surface area contributed by atoms with E-state index < -0.39 is 0 Å². The van der Waals surface area contributed by atoms with E-state index in [-0.39, 0.29) is 0 Å². The van der Waals surface area contributed by atoms with Crippen LogP contribution < -0.4 is 42.5 Å². The van der Waals surface area contributed by atoms with Crippen LogP contribution in [0.5, 0.6) is 0 Å². The second kappa shape index (κ2) is 38.7. The lowest BCUT2D eigenvalue weighted by molar-refractivity contribution is 0.529. The van der Waals surface area contributed by atoms with E-state index >= 15 is 0 Å². The van der Waals surface area contributed by atoms with Gasteiger partial charge in [-0.25, -0.2) is 0 Å². The highest BCUT2D eigenvalue weighted by Gasteiger charge is 1.95. The molecule has 40 heavy (non-hydrogen) atoms. The van der Waals surface area contributed by atoms with Crippen LogP contribution in [0.4, 0.5) is 0 Å². The molecule has 0 fully saturated rings. The van der Waals surface area contributed by atoms with Crippen molar-refractivity contribution in [2.45, 2.75) is 104 Å². The molecular formula is C32H74N8. The molecule has 242 valence electrons. The maximum absolute atomic E-state index is 3.61. The van der Waals surface area contributed by atoms with Crippen molar-refractivity contribution in [3.05, 3.63) is 0 Å². The molecule has 0 aliphatic carbocycles. The molecule has 8 nitrogen and oxygen atoms in total. The van der Waals surface area contributed by atoms with Crippen molar-refractivity contribution in [3.63, 3.8) is 0 Å². The normalized spacial score (nSPS) is 11.6. The molecule has 0 spiro atoms. The van der Waals surface area contributed by atoms with Crippen molar-refractivity contribution < 1.29 is 0 Å². The zero-order valence-corrected chi connectivity index (χ0v) is 27.2. The Hall–Kier alpha value is -0.320. The highest BCUT2D eigenvalue weighted by atomic mass is 14.9. The van der Waals surface area contributed by atoms with Crippen LogP contribution in [0.1, 0.15) is 104 Å². The van der Waals surface area contributed by atoms with Gasteiger partial charge in [0.2, 0.25) is 0 Å². The molecule has 8 N–H and O–H groups in total. The van der Waals surface area contributed by atoms with Crippen molar-refractivity contribution in [2.24, 2.45) is 0 Å². The molecule has 0 saturated carbocycles. The Kier molecular flexibility index (Phi) is 38.4. The first-order valence-electron chi connectivity index (χ1n) is 17.6. The Labute approximate surface area is 250 Å². The summed E-state index contributed by atoms with van der Waals surface area (Å²) in [5.41, 5.74) is 0. The molecule has 0 aliphatic rings. The van der Waals surface area contributed by atoms with Crippen LogP contribution in [0.25, 0.3) is 0 Å². The van der Waals surface area contributed by atoms with Gasteiger partial charge in [-0.15, -0.1) is 0 Å². The highest BCUT2D eigenvalue weighted by molar-refractivity contribution is 4.58. The van der Waals surface area contributed by atoms with Crippen molar-refractivity contribution in [2.75, 3.05) is 105 Å². The van der Waals surface area contributed by atoms with E-state index in [9.17, 15) is 0 Å². The monoisotopic (exact) mass is 571 g/mol. The molecule has 0 atom stereocenters. The topological polar surface area (TPSA) is 96.2 Å². The number of nitrogens with one attached hydrogen (secondary N) is 8. The summed E-state index contributed by atoms with van der Waals surface area (Å²) >= 11 is 0. The third kappa shape index (κ3) is 37.7. The summed E-state index contributed by atoms with van der Waals surface area (Å²) in [5.74, 6) is 0. The van der Waals surface area contributed by atoms with Crippen LogP contribution in [0.3, 0.4) is 0 Å². The van der Waals surface area contributed by atoms with Gasteiger partial charge in [-0.05, 0) is 195 Å². The second-order valence-corrected chi connectivity index (χ2v) is 11.2. The molecule has 0 heterocycles. The van der Waals surface area contributed by atoms with Crippen LogP contribution in [-0.2, 0) is 0 Å². The molecule has 0 aromatic heterocycles. The minimum Gasteiger partial charge on any atom is -0.317 e. The summed E-state index contributed by atoms with van der Waals surface area (Å²) in [7, 11) is 0. The van der Waals surface area contributed by atoms with E-state index in [2.05, 4.69) is 56.4 Å². The fourth-order valence-corrected chi connectivity index (χ4v) is 4.60. The second-order valence-electron chi connectivity index (χ2n) is 11.2. The first-order valence-corrected chi connectivity index (χ1v) is 17.6. The minimum absolute atomic E-state index is 1.09. The largest absolute Gasteiger partial charge is 0.317 e. The van der Waals surface area contributed by atoms with Gasteiger partial charge >= 0.3 is 0 Å². The summed E-state index contributed by atoms with van der Waals surface area (Å²) in [6.07, 6.45) is 17.9. The molecule has 0 unspecified atom stereocenters. The number of hydrogen-bond donors (Lipinski definition) is 8. The summed E-state index contributed by atoms with van der Waals surface area (Å²) < 4.78 is 0. The molecule has 0 aliphatic heterocycles. The molecule has 0 amide bonds. The Morgan fingerprint density at radius 3 is 0.450 bits per heavy atom. The van der Waals surface area contributed by atoms with Crippen molar-refractivity contribution in [1.82, 2.24) is 42.5 Å². The first-order chi connectivity index (χ1) is 19.9. The fraction of sp³-hybridized carbons (Fsp3) is 1.00. The number of rotatable bonds is 37. The predicted octanol–water partition coefficient (Wildman–Crippen LogP) is 3.20. The van der Waals surface area contributed by atoms with Crippen molar-refractivity contribution in [3.8, 4) is 0 Å². The third-order valence-electron chi connectivity index (χ3n) is 7.20. The van der Waals surface area contributed by atoms with Gasteiger partial charge in [-0.3, -0.25) is 0 Å². The molecule has 0 saturated heterocycles. The Bertz CT molecular complexity index is 390. The Morgan fingerprint density at radius 2 is 0.325 bits per heavy atom. The summed E-state index contributed by atoms with van der Waals surface area (Å²) in [4.78, 5) is 0. The van der Waals surface area contributed by atoms with E-state index in [1.807, 2.05) is 0 Å². The third-order valence-corrected chi connectivity index (χ3v) is 7.20. The van der Waals surface area contributed by atoms with Gasteiger partial charge in [0.25, 0.3) is 0 Å². The van der Waals surface area contributed by atoms with Crippen LogP contribution in [0.2, 0.25) is 0 Å². The molecule has 0 aromatic carbocycles. The van der Waals surface area contributed by atoms with E-state index in [1.165, 1.54) is 89.9 Å². The maximum Gasteiger partial charge on any atom is -0.00484 e. The smallest absolute Gasteiger partial charge is 0.00484 e. The lowest BCUT2D eigenvalue weighted by Gasteiger charge is -2.08. The van der Waals surface area contributed by atoms with Gasteiger partial charge in [0.15, 0.2) is 0 Å². The zero-order valence-electron chi connectivity index (χ0n) is 27.2. The minimum atomic E-state index is 1.09. The predicted molar refractivity (Wildman–Crippen MR) is 179 cm³/mol. The van der Waals surface area contributed by atoms with Crippen LogP contribution in [0, 0.1) is 0 Å². The van der Waals surface area contributed by atoms with Gasteiger partial charge in [-0.1, -0.05) is 13.8 Å². The lowest BCUT2D eigenvalue weighted by Crippen LogP contribution is -2.23. The average Bonchev–Trinajstić information content (AvgIpc) is 2.97. The number of unbranched alkanes of at least 4 members (excludes halogenated alkanes) is 7. The molecule has 0 radical (unpaired) electrons. The maximum atomic E-state index is 3.61. The quantitative estimate of drug-likeness (QED) is 0.0540. The van der Waals surface area contributed by atoms with Gasteiger partial charge < -0.3 is 42.5 Å². The van der Waals surface area contributed by atoms with Crippen LogP contribution >= 0.6 is 0 Å². The Morgan fingerprint density at radius 1 is 0.200 bits per heavy atom. The summed E-state index contributed by atoms with van der Waals surface area (Å²) in [6.45, 7) is 22.8. The molecule has 8 heteroatoms. The molecule has 0 bridgehead atoms. The van der Waals surface area contributed by atoms with Gasteiger partial charge in [-0.2, -0.15) is 0 Å². The van der Waals surface area contributed by atoms with E-state index in [0.29, 0.717) is 0 Å².